The molecule has 1 N–H and O–H groups in total. The van der Waals surface area contributed by atoms with E-state index in [1.54, 1.807) is 36.9 Å². The van der Waals surface area contributed by atoms with Crippen LogP contribution in [0.4, 0.5) is 0 Å². The van der Waals surface area contributed by atoms with Crippen LogP contribution >= 0.6 is 12.4 Å². The highest BCUT2D eigenvalue weighted by Crippen LogP contribution is 2.18. The van der Waals surface area contributed by atoms with Crippen LogP contribution in [0.1, 0.15) is 24.2 Å². The number of piperazine rings is 1. The van der Waals surface area contributed by atoms with Gasteiger partial charge < -0.3 is 10.2 Å². The van der Waals surface area contributed by atoms with Gasteiger partial charge in [0, 0.05) is 44.8 Å². The van der Waals surface area contributed by atoms with Gasteiger partial charge in [0.25, 0.3) is 5.91 Å². The lowest BCUT2D eigenvalue weighted by atomic mass is 10.2. The first-order valence-corrected chi connectivity index (χ1v) is 9.05. The molecule has 8 heteroatoms. The van der Waals surface area contributed by atoms with Gasteiger partial charge in [-0.15, -0.1) is 12.4 Å². The number of halogens is 1. The van der Waals surface area contributed by atoms with Crippen LogP contribution < -0.4 is 5.32 Å². The molecule has 1 fully saturated rings. The number of nitrogens with one attached hydrogen (secondary N) is 1. The number of sulfonamides is 1. The highest BCUT2D eigenvalue weighted by molar-refractivity contribution is 7.89. The molecule has 0 atom stereocenters. The molecule has 0 radical (unpaired) electrons. The van der Waals surface area contributed by atoms with Gasteiger partial charge in [0.1, 0.15) is 0 Å². The van der Waals surface area contributed by atoms with Crippen molar-refractivity contribution in [2.24, 2.45) is 0 Å². The summed E-state index contributed by atoms with van der Waals surface area (Å²) in [5.74, 6) is -0.113. The second kappa shape index (κ2) is 8.63. The topological polar surface area (TPSA) is 69.7 Å². The van der Waals surface area contributed by atoms with Crippen molar-refractivity contribution < 1.29 is 13.2 Å². The van der Waals surface area contributed by atoms with Crippen molar-refractivity contribution in [2.45, 2.75) is 18.7 Å². The Morgan fingerprint density at radius 1 is 1.22 bits per heavy atom. The van der Waals surface area contributed by atoms with Crippen molar-refractivity contribution in [1.29, 1.82) is 0 Å². The lowest BCUT2D eigenvalue weighted by molar-refractivity contribution is 0.0735. The number of benzene rings is 1. The number of carbonyl (C=O) groups is 1. The summed E-state index contributed by atoms with van der Waals surface area (Å²) >= 11 is 0. The van der Waals surface area contributed by atoms with Crippen molar-refractivity contribution >= 4 is 28.3 Å². The molecule has 130 valence electrons. The third-order valence-corrected chi connectivity index (χ3v) is 5.87. The van der Waals surface area contributed by atoms with E-state index >= 15 is 0 Å². The van der Waals surface area contributed by atoms with Gasteiger partial charge >= 0.3 is 0 Å². The third-order valence-electron chi connectivity index (χ3n) is 3.83. The largest absolute Gasteiger partial charge is 0.336 e. The quantitative estimate of drug-likeness (QED) is 0.855. The molecule has 1 aromatic rings. The molecule has 0 aliphatic carbocycles. The van der Waals surface area contributed by atoms with Gasteiger partial charge in [0.2, 0.25) is 10.0 Å². The molecule has 1 heterocycles. The Morgan fingerprint density at radius 2 is 1.83 bits per heavy atom. The summed E-state index contributed by atoms with van der Waals surface area (Å²) in [6, 6.07) is 6.33. The van der Waals surface area contributed by atoms with Crippen molar-refractivity contribution in [3.05, 3.63) is 29.8 Å². The van der Waals surface area contributed by atoms with Crippen LogP contribution in [0, 0.1) is 0 Å². The summed E-state index contributed by atoms with van der Waals surface area (Å²) in [6.07, 6.45) is 0. The smallest absolute Gasteiger partial charge is 0.253 e. The monoisotopic (exact) mass is 361 g/mol. The lowest BCUT2D eigenvalue weighted by Crippen LogP contribution is -2.46. The van der Waals surface area contributed by atoms with Gasteiger partial charge in [-0.05, 0) is 18.2 Å². The maximum absolute atomic E-state index is 12.5. The van der Waals surface area contributed by atoms with Gasteiger partial charge in [-0.2, -0.15) is 4.31 Å². The highest BCUT2D eigenvalue weighted by atomic mass is 35.5. The zero-order valence-electron chi connectivity index (χ0n) is 13.5. The van der Waals surface area contributed by atoms with Crippen LogP contribution in [0.2, 0.25) is 0 Å². The van der Waals surface area contributed by atoms with Gasteiger partial charge in [-0.3, -0.25) is 4.79 Å². The first-order chi connectivity index (χ1) is 10.5. The fraction of sp³-hybridized carbons (Fsp3) is 0.533. The zero-order chi connectivity index (χ0) is 16.2. The van der Waals surface area contributed by atoms with Crippen LogP contribution in [-0.4, -0.2) is 62.8 Å². The fourth-order valence-electron chi connectivity index (χ4n) is 2.55. The zero-order valence-corrected chi connectivity index (χ0v) is 15.1. The summed E-state index contributed by atoms with van der Waals surface area (Å²) in [5, 5.41) is 3.19. The predicted octanol–water partition coefficient (Wildman–Crippen LogP) is 1.18. The SMILES string of the molecule is CCN(CC)S(=O)(=O)c1cccc(C(=O)N2CCNCC2)c1.Cl. The minimum Gasteiger partial charge on any atom is -0.336 e. The van der Waals surface area contributed by atoms with E-state index in [2.05, 4.69) is 5.32 Å². The summed E-state index contributed by atoms with van der Waals surface area (Å²) < 4.78 is 26.5. The van der Waals surface area contributed by atoms with E-state index in [0.29, 0.717) is 31.7 Å². The van der Waals surface area contributed by atoms with Crippen molar-refractivity contribution in [1.82, 2.24) is 14.5 Å². The molecule has 0 bridgehead atoms. The van der Waals surface area contributed by atoms with E-state index < -0.39 is 10.0 Å². The Kier molecular flexibility index (Phi) is 7.47. The summed E-state index contributed by atoms with van der Waals surface area (Å²) in [7, 11) is -3.54. The first-order valence-electron chi connectivity index (χ1n) is 7.61. The molecule has 0 unspecified atom stereocenters. The minimum atomic E-state index is -3.54. The fourth-order valence-corrected chi connectivity index (χ4v) is 4.06. The van der Waals surface area contributed by atoms with Gasteiger partial charge in [0.15, 0.2) is 0 Å². The van der Waals surface area contributed by atoms with Crippen LogP contribution in [0.5, 0.6) is 0 Å². The molecule has 0 spiro atoms. The Balaban J connectivity index is 0.00000264. The Labute approximate surface area is 144 Å². The molecule has 1 saturated heterocycles. The van der Waals surface area contributed by atoms with Gasteiger partial charge in [0.05, 0.1) is 4.90 Å². The number of hydrogen-bond acceptors (Lipinski definition) is 4. The second-order valence-corrected chi connectivity index (χ2v) is 7.10. The molecular formula is C15H24ClN3O3S. The maximum Gasteiger partial charge on any atom is 0.253 e. The average molecular weight is 362 g/mol. The molecule has 23 heavy (non-hydrogen) atoms. The van der Waals surface area contributed by atoms with E-state index in [0.717, 1.165) is 13.1 Å². The summed E-state index contributed by atoms with van der Waals surface area (Å²) in [5.41, 5.74) is 0.426. The normalized spacial score (nSPS) is 15.3. The number of rotatable bonds is 5. The molecule has 1 aromatic carbocycles. The Hall–Kier alpha value is -1.15. The van der Waals surface area contributed by atoms with Crippen LogP contribution in [-0.2, 0) is 10.0 Å². The molecule has 1 aliphatic rings. The van der Waals surface area contributed by atoms with Crippen LogP contribution in [0.3, 0.4) is 0 Å². The third kappa shape index (κ3) is 4.44. The Morgan fingerprint density at radius 3 is 2.39 bits per heavy atom. The van der Waals surface area contributed by atoms with Crippen LogP contribution in [0.15, 0.2) is 29.2 Å². The lowest BCUT2D eigenvalue weighted by Gasteiger charge is -2.27. The van der Waals surface area contributed by atoms with Crippen molar-refractivity contribution in [3.8, 4) is 0 Å². The molecular weight excluding hydrogens is 338 g/mol. The van der Waals surface area contributed by atoms with E-state index in [1.807, 2.05) is 0 Å². The molecule has 0 aromatic heterocycles. The number of nitrogens with zero attached hydrogens (tertiary/aromatic N) is 2. The van der Waals surface area contributed by atoms with E-state index in [1.165, 1.54) is 10.4 Å². The molecule has 1 aliphatic heterocycles. The number of amides is 1. The standard InChI is InChI=1S/C15H23N3O3S.ClH/c1-3-18(4-2)22(20,21)14-7-5-6-13(12-14)15(19)17-10-8-16-9-11-17;/h5-7,12,16H,3-4,8-11H2,1-2H3;1H. The number of hydrogen-bond donors (Lipinski definition) is 1. The second-order valence-electron chi connectivity index (χ2n) is 5.16. The van der Waals surface area contributed by atoms with E-state index in [4.69, 9.17) is 0 Å². The molecule has 2 rings (SSSR count). The maximum atomic E-state index is 12.5. The van der Waals surface area contributed by atoms with Gasteiger partial charge in [-0.1, -0.05) is 19.9 Å². The van der Waals surface area contributed by atoms with Crippen molar-refractivity contribution in [3.63, 3.8) is 0 Å². The van der Waals surface area contributed by atoms with Crippen molar-refractivity contribution in [2.75, 3.05) is 39.3 Å². The van der Waals surface area contributed by atoms with Crippen LogP contribution in [0.25, 0.3) is 0 Å². The van der Waals surface area contributed by atoms with E-state index in [9.17, 15) is 13.2 Å². The molecule has 6 nitrogen and oxygen atoms in total. The summed E-state index contributed by atoms with van der Waals surface area (Å²) in [6.45, 7) is 7.25. The number of carbonyl (C=O) groups excluding carboxylic acids is 1. The predicted molar refractivity (Wildman–Crippen MR) is 92.6 cm³/mol. The highest BCUT2D eigenvalue weighted by Gasteiger charge is 2.24. The Bertz CT molecular complexity index is 627. The minimum absolute atomic E-state index is 0. The first kappa shape index (κ1) is 19.9. The average Bonchev–Trinajstić information content (AvgIpc) is 2.56. The van der Waals surface area contributed by atoms with E-state index in [-0.39, 0.29) is 23.2 Å². The molecule has 0 saturated carbocycles. The summed E-state index contributed by atoms with van der Waals surface area (Å²) in [4.78, 5) is 14.4. The molecule has 1 amide bonds. The van der Waals surface area contributed by atoms with Gasteiger partial charge in [-0.25, -0.2) is 8.42 Å².